The highest BCUT2D eigenvalue weighted by Gasteiger charge is 2.30. The second-order valence-corrected chi connectivity index (χ2v) is 6.04. The van der Waals surface area contributed by atoms with E-state index in [2.05, 4.69) is 5.32 Å². The van der Waals surface area contributed by atoms with Crippen LogP contribution in [0.25, 0.3) is 5.70 Å². The molecule has 0 spiro atoms. The molecule has 7 heteroatoms. The molecule has 0 amide bonds. The number of hydrogen-bond donors (Lipinski definition) is 1. The van der Waals surface area contributed by atoms with Crippen molar-refractivity contribution in [2.24, 2.45) is 0 Å². The number of benzene rings is 2. The Morgan fingerprint density at radius 3 is 2.48 bits per heavy atom. The lowest BCUT2D eigenvalue weighted by Gasteiger charge is -2.23. The van der Waals surface area contributed by atoms with Crippen molar-refractivity contribution in [3.8, 4) is 11.5 Å². The summed E-state index contributed by atoms with van der Waals surface area (Å²) in [4.78, 5) is 12.5. The summed E-state index contributed by atoms with van der Waals surface area (Å²) in [6.07, 6.45) is -2.45. The van der Waals surface area contributed by atoms with Crippen molar-refractivity contribution < 1.29 is 27.4 Å². The normalized spacial score (nSPS) is 15.1. The van der Waals surface area contributed by atoms with E-state index in [9.17, 15) is 18.0 Å². The molecule has 3 rings (SSSR count). The van der Waals surface area contributed by atoms with Gasteiger partial charge in [-0.25, -0.2) is 0 Å². The predicted octanol–water partition coefficient (Wildman–Crippen LogP) is 4.09. The number of halogens is 3. The zero-order valence-electron chi connectivity index (χ0n) is 14.8. The number of ketones is 1. The van der Waals surface area contributed by atoms with Crippen LogP contribution in [-0.2, 0) is 12.6 Å². The maximum Gasteiger partial charge on any atom is 0.416 e. The molecule has 2 aromatic rings. The Morgan fingerprint density at radius 2 is 1.81 bits per heavy atom. The fourth-order valence-corrected chi connectivity index (χ4v) is 3.00. The Bertz CT molecular complexity index is 904. The van der Waals surface area contributed by atoms with Crippen LogP contribution in [0.15, 0.2) is 42.5 Å². The molecular weight excluding hydrogens is 359 g/mol. The maximum atomic E-state index is 12.9. The summed E-state index contributed by atoms with van der Waals surface area (Å²) in [7, 11) is 3.05. The van der Waals surface area contributed by atoms with Crippen LogP contribution in [0, 0.1) is 0 Å². The van der Waals surface area contributed by atoms with Crippen LogP contribution in [0.4, 0.5) is 13.2 Å². The predicted molar refractivity (Wildman–Crippen MR) is 95.0 cm³/mol. The number of ether oxygens (including phenoxy) is 2. The number of fused-ring (bicyclic) bond motifs is 1. The summed E-state index contributed by atoms with van der Waals surface area (Å²) in [6.45, 7) is 0.601. The monoisotopic (exact) mass is 377 g/mol. The van der Waals surface area contributed by atoms with Crippen LogP contribution >= 0.6 is 0 Å². The molecule has 4 nitrogen and oxygen atoms in total. The quantitative estimate of drug-likeness (QED) is 0.644. The third-order valence-corrected chi connectivity index (χ3v) is 4.36. The first-order chi connectivity index (χ1) is 12.8. The Labute approximate surface area is 154 Å². The Kier molecular flexibility index (Phi) is 5.12. The maximum absolute atomic E-state index is 12.9. The first kappa shape index (κ1) is 18.8. The Balaban J connectivity index is 1.99. The second-order valence-electron chi connectivity index (χ2n) is 6.04. The molecule has 0 radical (unpaired) electrons. The lowest BCUT2D eigenvalue weighted by Crippen LogP contribution is -2.23. The SMILES string of the molecule is COc1cc2c(cc1OC)/C(=C/C(=O)c1cccc(C(F)(F)F)c1)NCC2. The number of carbonyl (C=O) groups excluding carboxylic acids is 1. The minimum absolute atomic E-state index is 0.0216. The van der Waals surface area contributed by atoms with E-state index in [0.717, 1.165) is 29.7 Å². The van der Waals surface area contributed by atoms with Gasteiger partial charge in [0.2, 0.25) is 0 Å². The minimum atomic E-state index is -4.50. The molecule has 0 saturated carbocycles. The highest BCUT2D eigenvalue weighted by Crippen LogP contribution is 2.35. The first-order valence-corrected chi connectivity index (χ1v) is 8.26. The number of allylic oxidation sites excluding steroid dienone is 1. The first-order valence-electron chi connectivity index (χ1n) is 8.26. The van der Waals surface area contributed by atoms with Crippen molar-refractivity contribution in [2.75, 3.05) is 20.8 Å². The van der Waals surface area contributed by atoms with Gasteiger partial charge in [0.05, 0.1) is 19.8 Å². The standard InChI is InChI=1S/C20H18F3NO3/c1-26-18-9-12-6-7-24-16(15(12)10-19(18)27-2)11-17(25)13-4-3-5-14(8-13)20(21,22)23/h3-5,8-11,24H,6-7H2,1-2H3/b16-11-. The summed E-state index contributed by atoms with van der Waals surface area (Å²) >= 11 is 0. The molecule has 0 atom stereocenters. The zero-order valence-corrected chi connectivity index (χ0v) is 14.8. The molecule has 1 heterocycles. The number of methoxy groups -OCH3 is 2. The zero-order chi connectivity index (χ0) is 19.6. The van der Waals surface area contributed by atoms with Crippen molar-refractivity contribution in [3.05, 3.63) is 64.7 Å². The van der Waals surface area contributed by atoms with Crippen LogP contribution in [0.1, 0.15) is 27.0 Å². The summed E-state index contributed by atoms with van der Waals surface area (Å²) in [5.74, 6) is 0.588. The van der Waals surface area contributed by atoms with E-state index in [1.165, 1.54) is 25.3 Å². The second kappa shape index (κ2) is 7.34. The topological polar surface area (TPSA) is 47.6 Å². The number of hydrogen-bond acceptors (Lipinski definition) is 4. The largest absolute Gasteiger partial charge is 0.493 e. The van der Waals surface area contributed by atoms with Crippen LogP contribution in [0.3, 0.4) is 0 Å². The van der Waals surface area contributed by atoms with Gasteiger partial charge in [0.1, 0.15) is 0 Å². The van der Waals surface area contributed by atoms with Gasteiger partial charge in [-0.2, -0.15) is 13.2 Å². The molecule has 0 bridgehead atoms. The average Bonchev–Trinajstić information content (AvgIpc) is 2.66. The van der Waals surface area contributed by atoms with Gasteiger partial charge in [0.15, 0.2) is 17.3 Å². The smallest absolute Gasteiger partial charge is 0.416 e. The molecular formula is C20H18F3NO3. The average molecular weight is 377 g/mol. The molecule has 0 aromatic heterocycles. The fraction of sp³-hybridized carbons (Fsp3) is 0.250. The van der Waals surface area contributed by atoms with Crippen molar-refractivity contribution in [3.63, 3.8) is 0 Å². The molecule has 0 fully saturated rings. The molecule has 27 heavy (non-hydrogen) atoms. The van der Waals surface area contributed by atoms with Crippen molar-refractivity contribution in [1.29, 1.82) is 0 Å². The van der Waals surface area contributed by atoms with E-state index in [0.29, 0.717) is 23.7 Å². The van der Waals surface area contributed by atoms with E-state index in [-0.39, 0.29) is 5.56 Å². The summed E-state index contributed by atoms with van der Waals surface area (Å²) < 4.78 is 49.2. The van der Waals surface area contributed by atoms with Gasteiger partial charge in [-0.3, -0.25) is 4.79 Å². The van der Waals surface area contributed by atoms with Crippen LogP contribution in [0.2, 0.25) is 0 Å². The summed E-state index contributed by atoms with van der Waals surface area (Å²) in [5.41, 5.74) is 1.40. The lowest BCUT2D eigenvalue weighted by molar-refractivity contribution is -0.137. The van der Waals surface area contributed by atoms with Gasteiger partial charge in [-0.05, 0) is 36.2 Å². The van der Waals surface area contributed by atoms with Gasteiger partial charge in [0.25, 0.3) is 0 Å². The van der Waals surface area contributed by atoms with Gasteiger partial charge in [-0.1, -0.05) is 12.1 Å². The molecule has 0 unspecified atom stereocenters. The van der Waals surface area contributed by atoms with Gasteiger partial charge in [0, 0.05) is 29.4 Å². The number of rotatable bonds is 4. The minimum Gasteiger partial charge on any atom is -0.493 e. The van der Waals surface area contributed by atoms with E-state index in [1.54, 1.807) is 13.2 Å². The van der Waals surface area contributed by atoms with E-state index >= 15 is 0 Å². The number of nitrogens with one attached hydrogen (secondary N) is 1. The van der Waals surface area contributed by atoms with Crippen LogP contribution in [-0.4, -0.2) is 26.5 Å². The Hall–Kier alpha value is -2.96. The molecule has 142 valence electrons. The van der Waals surface area contributed by atoms with Crippen molar-refractivity contribution in [2.45, 2.75) is 12.6 Å². The third kappa shape index (κ3) is 3.92. The molecule has 0 saturated heterocycles. The van der Waals surface area contributed by atoms with Crippen molar-refractivity contribution >= 4 is 11.5 Å². The number of alkyl halides is 3. The molecule has 1 aliphatic rings. The molecule has 1 aliphatic heterocycles. The lowest BCUT2D eigenvalue weighted by atomic mass is 9.95. The summed E-state index contributed by atoms with van der Waals surface area (Å²) in [6, 6.07) is 7.99. The molecule has 0 aliphatic carbocycles. The third-order valence-electron chi connectivity index (χ3n) is 4.36. The van der Waals surface area contributed by atoms with Gasteiger partial charge < -0.3 is 14.8 Å². The van der Waals surface area contributed by atoms with Crippen LogP contribution in [0.5, 0.6) is 11.5 Å². The highest BCUT2D eigenvalue weighted by atomic mass is 19.4. The fourth-order valence-electron chi connectivity index (χ4n) is 3.00. The van der Waals surface area contributed by atoms with E-state index in [1.807, 2.05) is 6.07 Å². The van der Waals surface area contributed by atoms with Gasteiger partial charge >= 0.3 is 6.18 Å². The molecule has 1 N–H and O–H groups in total. The van der Waals surface area contributed by atoms with Crippen molar-refractivity contribution in [1.82, 2.24) is 5.32 Å². The number of carbonyl (C=O) groups is 1. The molecule has 2 aromatic carbocycles. The highest BCUT2D eigenvalue weighted by molar-refractivity contribution is 6.08. The van der Waals surface area contributed by atoms with E-state index in [4.69, 9.17) is 9.47 Å². The van der Waals surface area contributed by atoms with Gasteiger partial charge in [-0.15, -0.1) is 0 Å². The Morgan fingerprint density at radius 1 is 1.11 bits per heavy atom. The summed E-state index contributed by atoms with van der Waals surface area (Å²) in [5, 5.41) is 3.13. The van der Waals surface area contributed by atoms with E-state index < -0.39 is 17.5 Å². The van der Waals surface area contributed by atoms with Crippen LogP contribution < -0.4 is 14.8 Å².